The molecule has 0 saturated heterocycles. The molecule has 0 spiro atoms. The Kier molecular flexibility index (Phi) is 9.11. The fraction of sp³-hybridized carbons (Fsp3) is 0.318. The molecule has 2 aromatic carbocycles. The highest BCUT2D eigenvalue weighted by atomic mass is 31.1. The molecule has 2 atom stereocenters. The van der Waals surface area contributed by atoms with E-state index in [4.69, 9.17) is 14.4 Å². The Bertz CT molecular complexity index is 1040. The van der Waals surface area contributed by atoms with Crippen LogP contribution in [0.4, 0.5) is 4.39 Å². The molecule has 2 aromatic rings. The maximum atomic E-state index is 14.7. The predicted octanol–water partition coefficient (Wildman–Crippen LogP) is 3.87. The first-order valence-corrected chi connectivity index (χ1v) is 10.8. The van der Waals surface area contributed by atoms with Gasteiger partial charge >= 0.3 is 0 Å². The summed E-state index contributed by atoms with van der Waals surface area (Å²) in [4.78, 5) is 22.7. The summed E-state index contributed by atoms with van der Waals surface area (Å²) in [6.45, 7) is 3.70. The third kappa shape index (κ3) is 6.24. The van der Waals surface area contributed by atoms with E-state index in [-0.39, 0.29) is 18.2 Å². The maximum absolute atomic E-state index is 14.7. The number of rotatable bonds is 9. The number of carbonyl (C=O) groups is 1. The van der Waals surface area contributed by atoms with Gasteiger partial charge in [0.2, 0.25) is 0 Å². The highest BCUT2D eigenvalue weighted by molar-refractivity contribution is 7.38. The third-order valence-electron chi connectivity index (χ3n) is 4.73. The number of methoxy groups -OCH3 is 1. The second-order valence-corrected chi connectivity index (χ2v) is 9.28. The van der Waals surface area contributed by atoms with Gasteiger partial charge in [-0.3, -0.25) is 4.79 Å². The van der Waals surface area contributed by atoms with Gasteiger partial charge in [-0.2, -0.15) is 0 Å². The fourth-order valence-electron chi connectivity index (χ4n) is 3.06. The van der Waals surface area contributed by atoms with Gasteiger partial charge in [-0.15, -0.1) is 0 Å². The molecule has 7 nitrogen and oxygen atoms in total. The normalized spacial score (nSPS) is 12.4. The van der Waals surface area contributed by atoms with E-state index in [0.717, 1.165) is 11.1 Å². The summed E-state index contributed by atoms with van der Waals surface area (Å²) in [5, 5.41) is 8.85. The van der Waals surface area contributed by atoms with Gasteiger partial charge in [-0.1, -0.05) is 47.0 Å². The minimum Gasteiger partial charge on any atom is -0.497 e. The molecule has 1 N–H and O–H groups in total. The van der Waals surface area contributed by atoms with Crippen LogP contribution in [0.1, 0.15) is 34.7 Å². The molecule has 0 fully saturated rings. The van der Waals surface area contributed by atoms with Crippen molar-refractivity contribution in [1.29, 1.82) is 0 Å². The lowest BCUT2D eigenvalue weighted by Gasteiger charge is -2.19. The molecule has 0 bridgehead atoms. The van der Waals surface area contributed by atoms with Crippen molar-refractivity contribution in [1.82, 2.24) is 5.32 Å². The second-order valence-electron chi connectivity index (χ2n) is 6.93. The van der Waals surface area contributed by atoms with Gasteiger partial charge in [-0.25, -0.2) is 4.39 Å². The molecule has 1 amide bonds. The van der Waals surface area contributed by atoms with E-state index in [1.54, 1.807) is 31.2 Å². The number of carbonyl (C=O) groups excluding carboxylic acids is 1. The van der Waals surface area contributed by atoms with Crippen molar-refractivity contribution in [2.45, 2.75) is 25.6 Å². The van der Waals surface area contributed by atoms with Crippen LogP contribution in [0, 0.1) is 6.92 Å². The van der Waals surface area contributed by atoms with Gasteiger partial charge in [-0.05, 0) is 37.6 Å². The standard InChI is InChI=1S/C22H28FN3O4P2/c1-13-7-6-8-17(20(26-29-5)21(27)24-3)18(13)12-30-25-14(2)16-10-9-15(28-4)11-19(16)22(23,31)32/h6-11H,12,31-32H2,1-5H3,(H,24,27)/b25-14+,26-20+. The zero-order chi connectivity index (χ0) is 23.9. The van der Waals surface area contributed by atoms with Crippen LogP contribution in [0.5, 0.6) is 5.75 Å². The molecule has 0 aliphatic heterocycles. The fourth-order valence-corrected chi connectivity index (χ4v) is 3.54. The Labute approximate surface area is 192 Å². The quantitative estimate of drug-likeness (QED) is 0.336. The monoisotopic (exact) mass is 479 g/mol. The van der Waals surface area contributed by atoms with E-state index >= 15 is 0 Å². The van der Waals surface area contributed by atoms with Gasteiger partial charge in [0.25, 0.3) is 5.91 Å². The van der Waals surface area contributed by atoms with Crippen molar-refractivity contribution in [3.8, 4) is 5.75 Å². The molecule has 0 aliphatic rings. The molecular formula is C22H28FN3O4P2. The molecule has 0 aliphatic carbocycles. The molecule has 32 heavy (non-hydrogen) atoms. The van der Waals surface area contributed by atoms with Crippen molar-refractivity contribution < 1.29 is 23.6 Å². The van der Waals surface area contributed by atoms with Crippen molar-refractivity contribution in [3.63, 3.8) is 0 Å². The highest BCUT2D eigenvalue weighted by Crippen LogP contribution is 2.43. The Hall–Kier alpha value is -2.56. The summed E-state index contributed by atoms with van der Waals surface area (Å²) in [5.74, 6) is 0.148. The van der Waals surface area contributed by atoms with E-state index < -0.39 is 5.15 Å². The lowest BCUT2D eigenvalue weighted by Crippen LogP contribution is -2.29. The molecule has 2 unspecified atom stereocenters. The van der Waals surface area contributed by atoms with E-state index in [0.29, 0.717) is 28.2 Å². The predicted molar refractivity (Wildman–Crippen MR) is 131 cm³/mol. The number of halogens is 1. The molecule has 10 heteroatoms. The van der Waals surface area contributed by atoms with E-state index in [2.05, 4.69) is 34.1 Å². The number of hydrogen-bond acceptors (Lipinski definition) is 6. The topological polar surface area (TPSA) is 81.5 Å². The molecule has 0 heterocycles. The summed E-state index contributed by atoms with van der Waals surface area (Å²) in [6, 6.07) is 10.6. The lowest BCUT2D eigenvalue weighted by molar-refractivity contribution is -0.114. The third-order valence-corrected chi connectivity index (χ3v) is 5.35. The Balaban J connectivity index is 2.37. The van der Waals surface area contributed by atoms with Crippen LogP contribution in [0.15, 0.2) is 46.7 Å². The van der Waals surface area contributed by atoms with Crippen LogP contribution in [0.2, 0.25) is 0 Å². The molecule has 172 valence electrons. The van der Waals surface area contributed by atoms with Crippen molar-refractivity contribution in [3.05, 3.63) is 64.2 Å². The number of aryl methyl sites for hydroxylation is 1. The average molecular weight is 479 g/mol. The number of hydrogen-bond donors (Lipinski definition) is 1. The number of likely N-dealkylation sites (N-methyl/N-ethyl adjacent to an activating group) is 1. The molecule has 0 saturated carbocycles. The molecule has 2 rings (SSSR count). The lowest BCUT2D eigenvalue weighted by atomic mass is 9.98. The highest BCUT2D eigenvalue weighted by Gasteiger charge is 2.25. The van der Waals surface area contributed by atoms with Gasteiger partial charge in [0.05, 0.1) is 12.8 Å². The minimum absolute atomic E-state index is 0.0765. The van der Waals surface area contributed by atoms with E-state index in [1.807, 2.05) is 19.1 Å². The summed E-state index contributed by atoms with van der Waals surface area (Å²) in [6.07, 6.45) is 0. The van der Waals surface area contributed by atoms with Gasteiger partial charge < -0.3 is 19.7 Å². The Morgan fingerprint density at radius 1 is 1.16 bits per heavy atom. The Morgan fingerprint density at radius 2 is 1.88 bits per heavy atom. The molecule has 0 radical (unpaired) electrons. The summed E-state index contributed by atoms with van der Waals surface area (Å²) in [5.41, 5.74) is 3.77. The second kappa shape index (κ2) is 11.3. The van der Waals surface area contributed by atoms with Crippen molar-refractivity contribution >= 4 is 35.8 Å². The summed E-state index contributed by atoms with van der Waals surface area (Å²) in [7, 11) is 8.71. The van der Waals surface area contributed by atoms with Crippen LogP contribution < -0.4 is 10.1 Å². The number of oxime groups is 2. The molecular weight excluding hydrogens is 451 g/mol. The summed E-state index contributed by atoms with van der Waals surface area (Å²) < 4.78 is 19.9. The number of amides is 1. The van der Waals surface area contributed by atoms with Crippen molar-refractivity contribution in [2.75, 3.05) is 21.3 Å². The van der Waals surface area contributed by atoms with Gasteiger partial charge in [0.15, 0.2) is 10.9 Å². The zero-order valence-electron chi connectivity index (χ0n) is 18.7. The van der Waals surface area contributed by atoms with Gasteiger partial charge in [0.1, 0.15) is 19.5 Å². The first kappa shape index (κ1) is 25.7. The van der Waals surface area contributed by atoms with E-state index in [1.165, 1.54) is 21.3 Å². The average Bonchev–Trinajstić information content (AvgIpc) is 2.77. The summed E-state index contributed by atoms with van der Waals surface area (Å²) >= 11 is 0. The van der Waals surface area contributed by atoms with Crippen LogP contribution in [-0.4, -0.2) is 38.6 Å². The first-order chi connectivity index (χ1) is 15.1. The SMILES string of the molecule is CNC(=O)/C(=N/OC)c1cccc(C)c1CO/N=C(\C)c1ccc(OC)cc1C(F)(P)P. The smallest absolute Gasteiger partial charge is 0.273 e. The maximum Gasteiger partial charge on any atom is 0.273 e. The number of nitrogens with one attached hydrogen (secondary N) is 1. The van der Waals surface area contributed by atoms with E-state index in [9.17, 15) is 9.18 Å². The van der Waals surface area contributed by atoms with Crippen LogP contribution in [0.3, 0.4) is 0 Å². The first-order valence-electron chi connectivity index (χ1n) is 9.68. The Morgan fingerprint density at radius 3 is 2.47 bits per heavy atom. The molecule has 0 aromatic heterocycles. The number of benzene rings is 2. The minimum atomic E-state index is -1.76. The zero-order valence-corrected chi connectivity index (χ0v) is 21.0. The number of nitrogens with zero attached hydrogens (tertiary/aromatic N) is 2. The van der Waals surface area contributed by atoms with Crippen LogP contribution in [-0.2, 0) is 26.2 Å². The number of ether oxygens (including phenoxy) is 1. The van der Waals surface area contributed by atoms with Crippen molar-refractivity contribution in [2.24, 2.45) is 10.3 Å². The van der Waals surface area contributed by atoms with Gasteiger partial charge in [0, 0.05) is 29.3 Å². The number of alkyl halides is 1. The van der Waals surface area contributed by atoms with Crippen LogP contribution >= 0.6 is 18.5 Å². The van der Waals surface area contributed by atoms with Crippen LogP contribution in [0.25, 0.3) is 0 Å². The largest absolute Gasteiger partial charge is 0.497 e.